The molecule has 4 heteroatoms. The molecular weight excluding hydrogens is 221 g/mol. The van der Waals surface area contributed by atoms with E-state index in [9.17, 15) is 4.39 Å². The van der Waals surface area contributed by atoms with E-state index in [2.05, 4.69) is 5.32 Å². The lowest BCUT2D eigenvalue weighted by Gasteiger charge is -2.21. The maximum Gasteiger partial charge on any atom is 0.161 e. The van der Waals surface area contributed by atoms with Crippen LogP contribution in [0.3, 0.4) is 0 Å². The van der Waals surface area contributed by atoms with E-state index in [0.29, 0.717) is 24.5 Å². The van der Waals surface area contributed by atoms with Crippen molar-refractivity contribution in [3.05, 3.63) is 23.3 Å². The van der Waals surface area contributed by atoms with Gasteiger partial charge in [-0.05, 0) is 50.2 Å². The molecule has 0 saturated carbocycles. The van der Waals surface area contributed by atoms with Crippen molar-refractivity contribution in [1.29, 1.82) is 0 Å². The van der Waals surface area contributed by atoms with Gasteiger partial charge in [0.1, 0.15) is 19.4 Å². The molecule has 0 aliphatic carbocycles. The predicted octanol–water partition coefficient (Wildman–Crippen LogP) is 2.25. The zero-order valence-electron chi connectivity index (χ0n) is 10.3. The number of alkyl halides is 1. The lowest BCUT2D eigenvalue weighted by molar-refractivity contribution is 0.170. The molecule has 17 heavy (non-hydrogen) atoms. The summed E-state index contributed by atoms with van der Waals surface area (Å²) in [4.78, 5) is 0. The molecule has 2 rings (SSSR count). The lowest BCUT2D eigenvalue weighted by Crippen LogP contribution is -2.17. The van der Waals surface area contributed by atoms with Crippen molar-refractivity contribution in [2.45, 2.75) is 19.5 Å². The third-order valence-electron chi connectivity index (χ3n) is 2.88. The highest BCUT2D eigenvalue weighted by atomic mass is 19.1. The topological polar surface area (TPSA) is 30.5 Å². The molecule has 1 aromatic carbocycles. The molecule has 0 aromatic heterocycles. The summed E-state index contributed by atoms with van der Waals surface area (Å²) in [5.41, 5.74) is 1.68. The second-order valence-corrected chi connectivity index (χ2v) is 4.16. The molecular formula is C13H18FNO2. The summed E-state index contributed by atoms with van der Waals surface area (Å²) in [6.07, 6.45) is -0.200. The van der Waals surface area contributed by atoms with E-state index in [-0.39, 0.29) is 0 Å². The Kier molecular flexibility index (Phi) is 3.84. The van der Waals surface area contributed by atoms with Crippen molar-refractivity contribution in [2.75, 3.05) is 26.8 Å². The fourth-order valence-corrected chi connectivity index (χ4v) is 1.99. The molecule has 1 atom stereocenters. The first-order valence-corrected chi connectivity index (χ1v) is 5.93. The molecule has 1 aliphatic rings. The molecule has 1 unspecified atom stereocenters. The number of hydrogen-bond donors (Lipinski definition) is 1. The van der Waals surface area contributed by atoms with Crippen LogP contribution >= 0.6 is 0 Å². The van der Waals surface area contributed by atoms with Gasteiger partial charge in [0.2, 0.25) is 0 Å². The van der Waals surface area contributed by atoms with Gasteiger partial charge in [0.25, 0.3) is 0 Å². The fourth-order valence-electron chi connectivity index (χ4n) is 1.99. The smallest absolute Gasteiger partial charge is 0.161 e. The van der Waals surface area contributed by atoms with Crippen LogP contribution in [0, 0.1) is 0 Å². The van der Waals surface area contributed by atoms with Crippen LogP contribution in [0.5, 0.6) is 11.5 Å². The SMILES string of the molecule is CNCCc1cc2c(cc1C(C)F)OCCO2. The summed E-state index contributed by atoms with van der Waals surface area (Å²) in [5.74, 6) is 1.38. The first kappa shape index (κ1) is 12.2. The Hall–Kier alpha value is -1.29. The Morgan fingerprint density at radius 3 is 2.53 bits per heavy atom. The highest BCUT2D eigenvalue weighted by molar-refractivity contribution is 5.49. The molecule has 0 radical (unpaired) electrons. The quantitative estimate of drug-likeness (QED) is 0.874. The van der Waals surface area contributed by atoms with Crippen molar-refractivity contribution < 1.29 is 13.9 Å². The third kappa shape index (κ3) is 2.69. The van der Waals surface area contributed by atoms with Gasteiger partial charge in [0.05, 0.1) is 0 Å². The number of nitrogens with one attached hydrogen (secondary N) is 1. The molecule has 0 fully saturated rings. The van der Waals surface area contributed by atoms with E-state index in [1.165, 1.54) is 0 Å². The highest BCUT2D eigenvalue weighted by Gasteiger charge is 2.18. The predicted molar refractivity (Wildman–Crippen MR) is 64.6 cm³/mol. The molecule has 0 saturated heterocycles. The summed E-state index contributed by atoms with van der Waals surface area (Å²) in [5, 5.41) is 3.07. The summed E-state index contributed by atoms with van der Waals surface area (Å²) in [7, 11) is 1.89. The zero-order valence-corrected chi connectivity index (χ0v) is 10.3. The number of fused-ring (bicyclic) bond motifs is 1. The van der Waals surface area contributed by atoms with Crippen molar-refractivity contribution >= 4 is 0 Å². The maximum absolute atomic E-state index is 13.6. The Balaban J connectivity index is 2.33. The normalized spacial score (nSPS) is 15.7. The Morgan fingerprint density at radius 1 is 1.29 bits per heavy atom. The molecule has 1 N–H and O–H groups in total. The van der Waals surface area contributed by atoms with Crippen LogP contribution in [0.2, 0.25) is 0 Å². The second kappa shape index (κ2) is 5.36. The molecule has 0 spiro atoms. The minimum atomic E-state index is -0.988. The monoisotopic (exact) mass is 239 g/mol. The van der Waals surface area contributed by atoms with Gasteiger partial charge in [-0.2, -0.15) is 0 Å². The van der Waals surface area contributed by atoms with Gasteiger partial charge in [-0.25, -0.2) is 4.39 Å². The summed E-state index contributed by atoms with van der Waals surface area (Å²) in [6.45, 7) is 3.46. The van der Waals surface area contributed by atoms with Gasteiger partial charge in [0.15, 0.2) is 11.5 Å². The highest BCUT2D eigenvalue weighted by Crippen LogP contribution is 2.36. The summed E-state index contributed by atoms with van der Waals surface area (Å²) in [6, 6.07) is 3.67. The largest absolute Gasteiger partial charge is 0.486 e. The van der Waals surface area contributed by atoms with E-state index in [4.69, 9.17) is 9.47 Å². The van der Waals surface area contributed by atoms with E-state index in [1.807, 2.05) is 13.1 Å². The Bertz CT molecular complexity index is 393. The van der Waals surface area contributed by atoms with Crippen LogP contribution in [0.15, 0.2) is 12.1 Å². The van der Waals surface area contributed by atoms with E-state index < -0.39 is 6.17 Å². The number of hydrogen-bond acceptors (Lipinski definition) is 3. The van der Waals surface area contributed by atoms with Gasteiger partial charge < -0.3 is 14.8 Å². The Labute approximate surface area is 101 Å². The lowest BCUT2D eigenvalue weighted by atomic mass is 10.00. The van der Waals surface area contributed by atoms with E-state index in [1.54, 1.807) is 13.0 Å². The van der Waals surface area contributed by atoms with Gasteiger partial charge in [0, 0.05) is 0 Å². The van der Waals surface area contributed by atoms with Crippen LogP contribution in [0.4, 0.5) is 4.39 Å². The maximum atomic E-state index is 13.6. The van der Waals surface area contributed by atoms with Gasteiger partial charge in [-0.1, -0.05) is 0 Å². The van der Waals surface area contributed by atoms with Crippen LogP contribution in [0.1, 0.15) is 24.2 Å². The van der Waals surface area contributed by atoms with Crippen molar-refractivity contribution in [3.8, 4) is 11.5 Å². The standard InChI is InChI=1S/C13H18FNO2/c1-9(14)11-8-13-12(16-5-6-17-13)7-10(11)3-4-15-2/h7-9,15H,3-6H2,1-2H3. The summed E-state index contributed by atoms with van der Waals surface area (Å²) >= 11 is 0. The average Bonchev–Trinajstić information content (AvgIpc) is 2.35. The number of halogens is 1. The number of likely N-dealkylation sites (N-methyl/N-ethyl adjacent to an activating group) is 1. The minimum absolute atomic E-state index is 0.531. The van der Waals surface area contributed by atoms with E-state index >= 15 is 0 Å². The van der Waals surface area contributed by atoms with E-state index in [0.717, 1.165) is 24.3 Å². The van der Waals surface area contributed by atoms with Gasteiger partial charge in [-0.15, -0.1) is 0 Å². The molecule has 1 aliphatic heterocycles. The molecule has 94 valence electrons. The molecule has 1 heterocycles. The zero-order chi connectivity index (χ0) is 12.3. The number of benzene rings is 1. The minimum Gasteiger partial charge on any atom is -0.486 e. The number of rotatable bonds is 4. The molecule has 0 bridgehead atoms. The third-order valence-corrected chi connectivity index (χ3v) is 2.88. The summed E-state index contributed by atoms with van der Waals surface area (Å²) < 4.78 is 24.6. The van der Waals surface area contributed by atoms with Crippen molar-refractivity contribution in [1.82, 2.24) is 5.32 Å². The molecule has 1 aromatic rings. The van der Waals surface area contributed by atoms with Crippen LogP contribution in [-0.2, 0) is 6.42 Å². The Morgan fingerprint density at radius 2 is 1.94 bits per heavy atom. The van der Waals surface area contributed by atoms with Gasteiger partial charge >= 0.3 is 0 Å². The number of ether oxygens (including phenoxy) is 2. The first-order chi connectivity index (χ1) is 8.22. The van der Waals surface area contributed by atoms with Crippen LogP contribution < -0.4 is 14.8 Å². The van der Waals surface area contributed by atoms with Crippen LogP contribution in [-0.4, -0.2) is 26.8 Å². The average molecular weight is 239 g/mol. The van der Waals surface area contributed by atoms with Crippen molar-refractivity contribution in [3.63, 3.8) is 0 Å². The van der Waals surface area contributed by atoms with Crippen LogP contribution in [0.25, 0.3) is 0 Å². The fraction of sp³-hybridized carbons (Fsp3) is 0.538. The molecule has 0 amide bonds. The first-order valence-electron chi connectivity index (χ1n) is 5.93. The van der Waals surface area contributed by atoms with Crippen molar-refractivity contribution in [2.24, 2.45) is 0 Å². The second-order valence-electron chi connectivity index (χ2n) is 4.16. The van der Waals surface area contributed by atoms with Gasteiger partial charge in [-0.3, -0.25) is 0 Å². The molecule has 3 nitrogen and oxygen atoms in total.